The lowest BCUT2D eigenvalue weighted by Gasteiger charge is -2.08. The van der Waals surface area contributed by atoms with Crippen molar-refractivity contribution in [3.8, 4) is 0 Å². The topological polar surface area (TPSA) is 55.4 Å². The third-order valence-electron chi connectivity index (χ3n) is 3.36. The fraction of sp³-hybridized carbons (Fsp3) is 0.222. The molecule has 0 aliphatic rings. The quantitative estimate of drug-likeness (QED) is 0.834. The molecule has 0 aromatic heterocycles. The van der Waals surface area contributed by atoms with Crippen molar-refractivity contribution in [1.29, 1.82) is 0 Å². The first-order chi connectivity index (χ1) is 11.0. The second-order valence-corrected chi connectivity index (χ2v) is 5.17. The Labute approximate surface area is 134 Å². The number of rotatable bonds is 6. The molecule has 0 saturated heterocycles. The molecule has 0 radical (unpaired) electrons. The standard InChI is InChI=1S/C18H18FNO3/c1-13-4-2-3-5-15(13)10-18(22)23-12-17(21)20-11-14-6-8-16(19)9-7-14/h2-9H,10-12H2,1H3,(H,20,21). The summed E-state index contributed by atoms with van der Waals surface area (Å²) in [7, 11) is 0. The molecule has 0 unspecified atom stereocenters. The third-order valence-corrected chi connectivity index (χ3v) is 3.36. The minimum absolute atomic E-state index is 0.137. The zero-order valence-electron chi connectivity index (χ0n) is 12.8. The third kappa shape index (κ3) is 5.54. The summed E-state index contributed by atoms with van der Waals surface area (Å²) in [6.07, 6.45) is 0.137. The van der Waals surface area contributed by atoms with Gasteiger partial charge in [0.05, 0.1) is 6.42 Å². The average molecular weight is 315 g/mol. The van der Waals surface area contributed by atoms with Crippen molar-refractivity contribution in [3.05, 3.63) is 71.0 Å². The number of hydrogen-bond acceptors (Lipinski definition) is 3. The molecular weight excluding hydrogens is 297 g/mol. The maximum absolute atomic E-state index is 12.8. The van der Waals surface area contributed by atoms with Gasteiger partial charge in [-0.05, 0) is 35.7 Å². The lowest BCUT2D eigenvalue weighted by molar-refractivity contribution is -0.147. The number of ether oxygens (including phenoxy) is 1. The highest BCUT2D eigenvalue weighted by Gasteiger charge is 2.09. The number of nitrogens with one attached hydrogen (secondary N) is 1. The number of aryl methyl sites for hydroxylation is 1. The molecule has 5 heteroatoms. The fourth-order valence-electron chi connectivity index (χ4n) is 2.01. The van der Waals surface area contributed by atoms with Gasteiger partial charge in [0.2, 0.25) is 0 Å². The lowest BCUT2D eigenvalue weighted by atomic mass is 10.1. The molecule has 0 aliphatic heterocycles. The van der Waals surface area contributed by atoms with E-state index in [2.05, 4.69) is 5.32 Å². The van der Waals surface area contributed by atoms with Crippen LogP contribution in [0.2, 0.25) is 0 Å². The van der Waals surface area contributed by atoms with E-state index >= 15 is 0 Å². The first-order valence-corrected chi connectivity index (χ1v) is 7.26. The van der Waals surface area contributed by atoms with Crippen molar-refractivity contribution in [2.24, 2.45) is 0 Å². The van der Waals surface area contributed by atoms with Crippen molar-refractivity contribution in [2.75, 3.05) is 6.61 Å². The van der Waals surface area contributed by atoms with E-state index in [4.69, 9.17) is 4.74 Å². The SMILES string of the molecule is Cc1ccccc1CC(=O)OCC(=O)NCc1ccc(F)cc1. The molecule has 0 spiro atoms. The van der Waals surface area contributed by atoms with E-state index < -0.39 is 11.9 Å². The first kappa shape index (κ1) is 16.7. The van der Waals surface area contributed by atoms with Crippen LogP contribution in [0.15, 0.2) is 48.5 Å². The Kier molecular flexibility index (Phi) is 5.86. The summed E-state index contributed by atoms with van der Waals surface area (Å²) in [6, 6.07) is 13.3. The van der Waals surface area contributed by atoms with Crippen LogP contribution in [-0.4, -0.2) is 18.5 Å². The van der Waals surface area contributed by atoms with E-state index in [0.717, 1.165) is 16.7 Å². The molecule has 0 heterocycles. The second-order valence-electron chi connectivity index (χ2n) is 5.17. The maximum Gasteiger partial charge on any atom is 0.310 e. The van der Waals surface area contributed by atoms with Gasteiger partial charge in [-0.3, -0.25) is 9.59 Å². The Morgan fingerprint density at radius 1 is 1.09 bits per heavy atom. The molecule has 0 atom stereocenters. The van der Waals surface area contributed by atoms with Crippen LogP contribution in [0.25, 0.3) is 0 Å². The number of esters is 1. The molecule has 23 heavy (non-hydrogen) atoms. The molecule has 1 amide bonds. The normalized spacial score (nSPS) is 10.2. The van der Waals surface area contributed by atoms with Gasteiger partial charge in [-0.15, -0.1) is 0 Å². The van der Waals surface area contributed by atoms with Crippen LogP contribution in [0, 0.1) is 12.7 Å². The summed E-state index contributed by atoms with van der Waals surface area (Å²) < 4.78 is 17.7. The molecule has 120 valence electrons. The zero-order valence-corrected chi connectivity index (χ0v) is 12.8. The summed E-state index contributed by atoms with van der Waals surface area (Å²) in [4.78, 5) is 23.4. The van der Waals surface area contributed by atoms with E-state index in [-0.39, 0.29) is 25.4 Å². The van der Waals surface area contributed by atoms with Gasteiger partial charge < -0.3 is 10.1 Å². The molecule has 2 aromatic carbocycles. The van der Waals surface area contributed by atoms with Crippen molar-refractivity contribution in [3.63, 3.8) is 0 Å². The van der Waals surface area contributed by atoms with Gasteiger partial charge in [0, 0.05) is 6.54 Å². The summed E-state index contributed by atoms with van der Waals surface area (Å²) in [5.41, 5.74) is 2.65. The lowest BCUT2D eigenvalue weighted by Crippen LogP contribution is -2.28. The molecule has 4 nitrogen and oxygen atoms in total. The fourth-order valence-corrected chi connectivity index (χ4v) is 2.01. The van der Waals surface area contributed by atoms with Gasteiger partial charge in [0.25, 0.3) is 5.91 Å². The first-order valence-electron chi connectivity index (χ1n) is 7.26. The minimum atomic E-state index is -0.448. The van der Waals surface area contributed by atoms with E-state index in [1.165, 1.54) is 12.1 Å². The van der Waals surface area contributed by atoms with E-state index in [9.17, 15) is 14.0 Å². The Morgan fingerprint density at radius 2 is 1.78 bits per heavy atom. The van der Waals surface area contributed by atoms with Crippen molar-refractivity contribution in [2.45, 2.75) is 19.9 Å². The Bertz CT molecular complexity index is 683. The maximum atomic E-state index is 12.8. The van der Waals surface area contributed by atoms with Gasteiger partial charge in [0.1, 0.15) is 5.82 Å². The molecule has 0 fully saturated rings. The summed E-state index contributed by atoms with van der Waals surface area (Å²) in [6.45, 7) is 1.85. The minimum Gasteiger partial charge on any atom is -0.455 e. The molecular formula is C18H18FNO3. The number of halogens is 1. The number of carbonyl (C=O) groups excluding carboxylic acids is 2. The van der Waals surface area contributed by atoms with Crippen molar-refractivity contribution in [1.82, 2.24) is 5.32 Å². The number of amides is 1. The van der Waals surface area contributed by atoms with Gasteiger partial charge in [0.15, 0.2) is 6.61 Å². The molecule has 1 N–H and O–H groups in total. The van der Waals surface area contributed by atoms with Crippen LogP contribution < -0.4 is 5.32 Å². The van der Waals surface area contributed by atoms with E-state index in [1.807, 2.05) is 31.2 Å². The molecule has 2 aromatic rings. The number of carbonyl (C=O) groups is 2. The predicted octanol–water partition coefficient (Wildman–Crippen LogP) is 2.54. The van der Waals surface area contributed by atoms with Crippen LogP contribution in [-0.2, 0) is 27.3 Å². The van der Waals surface area contributed by atoms with Crippen LogP contribution in [0.1, 0.15) is 16.7 Å². The van der Waals surface area contributed by atoms with Crippen molar-refractivity contribution < 1.29 is 18.7 Å². The van der Waals surface area contributed by atoms with Crippen LogP contribution in [0.4, 0.5) is 4.39 Å². The smallest absolute Gasteiger partial charge is 0.310 e. The second kappa shape index (κ2) is 8.08. The highest BCUT2D eigenvalue weighted by molar-refractivity contribution is 5.81. The Morgan fingerprint density at radius 3 is 2.48 bits per heavy atom. The molecule has 2 rings (SSSR count). The number of hydrogen-bond donors (Lipinski definition) is 1. The van der Waals surface area contributed by atoms with Crippen molar-refractivity contribution >= 4 is 11.9 Å². The molecule has 0 bridgehead atoms. The molecule has 0 saturated carbocycles. The van der Waals surface area contributed by atoms with Gasteiger partial charge in [-0.25, -0.2) is 4.39 Å². The van der Waals surface area contributed by atoms with Crippen LogP contribution in [0.3, 0.4) is 0 Å². The van der Waals surface area contributed by atoms with Gasteiger partial charge in [-0.1, -0.05) is 36.4 Å². The summed E-state index contributed by atoms with van der Waals surface area (Å²) in [5.74, 6) is -1.17. The monoisotopic (exact) mass is 315 g/mol. The van der Waals surface area contributed by atoms with Gasteiger partial charge in [-0.2, -0.15) is 0 Å². The highest BCUT2D eigenvalue weighted by atomic mass is 19.1. The zero-order chi connectivity index (χ0) is 16.7. The van der Waals surface area contributed by atoms with E-state index in [0.29, 0.717) is 0 Å². The van der Waals surface area contributed by atoms with Crippen LogP contribution in [0.5, 0.6) is 0 Å². The largest absolute Gasteiger partial charge is 0.455 e. The van der Waals surface area contributed by atoms with E-state index in [1.54, 1.807) is 12.1 Å². The average Bonchev–Trinajstić information content (AvgIpc) is 2.54. The predicted molar refractivity (Wildman–Crippen MR) is 84.1 cm³/mol. The summed E-state index contributed by atoms with van der Waals surface area (Å²) >= 11 is 0. The van der Waals surface area contributed by atoms with Gasteiger partial charge >= 0.3 is 5.97 Å². The Hall–Kier alpha value is -2.69. The Balaban J connectivity index is 1.72. The number of benzene rings is 2. The van der Waals surface area contributed by atoms with Crippen LogP contribution >= 0.6 is 0 Å². The summed E-state index contributed by atoms with van der Waals surface area (Å²) in [5, 5.41) is 2.61. The molecule has 0 aliphatic carbocycles. The highest BCUT2D eigenvalue weighted by Crippen LogP contribution is 2.08.